The maximum absolute atomic E-state index is 10.9. The molecular weight excluding hydrogens is 172 g/mol. The third kappa shape index (κ3) is 2.00. The Morgan fingerprint density at radius 2 is 2.08 bits per heavy atom. The van der Waals surface area contributed by atoms with E-state index in [9.17, 15) is 4.79 Å². The van der Waals surface area contributed by atoms with Crippen LogP contribution in [0.1, 0.15) is 25.7 Å². The van der Waals surface area contributed by atoms with Crippen LogP contribution < -0.4 is 0 Å². The zero-order valence-corrected chi connectivity index (χ0v) is 7.82. The van der Waals surface area contributed by atoms with Crippen molar-refractivity contribution in [3.63, 3.8) is 0 Å². The molecule has 1 saturated carbocycles. The standard InChI is InChI=1S/C9H16O4/c1-13-7-2-4-9(6-10,5-3-7)8(11)12/h7,10H,2-6H2,1H3,(H,11,12). The average Bonchev–Trinajstić information content (AvgIpc) is 2.17. The van der Waals surface area contributed by atoms with E-state index >= 15 is 0 Å². The van der Waals surface area contributed by atoms with Crippen LogP contribution in [0, 0.1) is 5.41 Å². The van der Waals surface area contributed by atoms with Crippen LogP contribution >= 0.6 is 0 Å². The van der Waals surface area contributed by atoms with E-state index in [1.165, 1.54) is 0 Å². The topological polar surface area (TPSA) is 66.8 Å². The molecule has 0 amide bonds. The number of carboxylic acid groups (broad SMARTS) is 1. The molecule has 1 aliphatic rings. The number of hydrogen-bond donors (Lipinski definition) is 2. The number of aliphatic carboxylic acids is 1. The van der Waals surface area contributed by atoms with Gasteiger partial charge in [-0.15, -0.1) is 0 Å². The van der Waals surface area contributed by atoms with Crippen molar-refractivity contribution < 1.29 is 19.7 Å². The lowest BCUT2D eigenvalue weighted by molar-refractivity contribution is -0.155. The van der Waals surface area contributed by atoms with Gasteiger partial charge in [-0.25, -0.2) is 0 Å². The van der Waals surface area contributed by atoms with Gasteiger partial charge in [0.05, 0.1) is 18.1 Å². The van der Waals surface area contributed by atoms with Gasteiger partial charge in [0.1, 0.15) is 0 Å². The molecule has 0 spiro atoms. The van der Waals surface area contributed by atoms with E-state index < -0.39 is 11.4 Å². The molecule has 0 aromatic rings. The summed E-state index contributed by atoms with van der Waals surface area (Å²) in [6.07, 6.45) is 2.64. The summed E-state index contributed by atoms with van der Waals surface area (Å²) in [4.78, 5) is 10.9. The van der Waals surface area contributed by atoms with Crippen LogP contribution in [-0.2, 0) is 9.53 Å². The molecule has 76 valence electrons. The van der Waals surface area contributed by atoms with Gasteiger partial charge < -0.3 is 14.9 Å². The summed E-state index contributed by atoms with van der Waals surface area (Å²) in [6, 6.07) is 0. The first-order valence-electron chi connectivity index (χ1n) is 4.52. The summed E-state index contributed by atoms with van der Waals surface area (Å²) < 4.78 is 5.13. The zero-order valence-electron chi connectivity index (χ0n) is 7.82. The fraction of sp³-hybridized carbons (Fsp3) is 0.889. The molecule has 4 nitrogen and oxygen atoms in total. The van der Waals surface area contributed by atoms with Crippen molar-refractivity contribution in [1.29, 1.82) is 0 Å². The van der Waals surface area contributed by atoms with Crippen molar-refractivity contribution in [2.45, 2.75) is 31.8 Å². The molecule has 2 N–H and O–H groups in total. The van der Waals surface area contributed by atoms with Gasteiger partial charge in [0, 0.05) is 7.11 Å². The Morgan fingerprint density at radius 1 is 1.54 bits per heavy atom. The van der Waals surface area contributed by atoms with E-state index in [4.69, 9.17) is 14.9 Å². The number of aliphatic hydroxyl groups excluding tert-OH is 1. The first kappa shape index (κ1) is 10.5. The maximum Gasteiger partial charge on any atom is 0.311 e. The Kier molecular flexibility index (Phi) is 3.27. The van der Waals surface area contributed by atoms with Gasteiger partial charge in [-0.1, -0.05) is 0 Å². The lowest BCUT2D eigenvalue weighted by Gasteiger charge is -2.34. The number of rotatable bonds is 3. The molecule has 0 aromatic carbocycles. The van der Waals surface area contributed by atoms with Crippen molar-refractivity contribution >= 4 is 5.97 Å². The van der Waals surface area contributed by atoms with Crippen molar-refractivity contribution in [3.8, 4) is 0 Å². The van der Waals surface area contributed by atoms with Gasteiger partial charge >= 0.3 is 5.97 Å². The highest BCUT2D eigenvalue weighted by Gasteiger charge is 2.41. The van der Waals surface area contributed by atoms with Crippen LogP contribution in [0.5, 0.6) is 0 Å². The van der Waals surface area contributed by atoms with Crippen LogP contribution in [-0.4, -0.2) is 36.0 Å². The fourth-order valence-corrected chi connectivity index (χ4v) is 1.82. The molecule has 0 aromatic heterocycles. The highest BCUT2D eigenvalue weighted by atomic mass is 16.5. The molecule has 0 atom stereocenters. The Hall–Kier alpha value is -0.610. The number of methoxy groups -OCH3 is 1. The SMILES string of the molecule is COC1CCC(CO)(C(=O)O)CC1. The number of carbonyl (C=O) groups is 1. The second kappa shape index (κ2) is 4.07. The second-order valence-corrected chi connectivity index (χ2v) is 3.68. The van der Waals surface area contributed by atoms with E-state index in [2.05, 4.69) is 0 Å². The minimum Gasteiger partial charge on any atom is -0.481 e. The third-order valence-electron chi connectivity index (χ3n) is 2.98. The van der Waals surface area contributed by atoms with E-state index in [-0.39, 0.29) is 12.7 Å². The van der Waals surface area contributed by atoms with E-state index in [1.54, 1.807) is 7.11 Å². The predicted octanol–water partition coefficient (Wildman–Crippen LogP) is 0.639. The van der Waals surface area contributed by atoms with Crippen molar-refractivity contribution in [3.05, 3.63) is 0 Å². The summed E-state index contributed by atoms with van der Waals surface area (Å²) in [5, 5.41) is 18.0. The lowest BCUT2D eigenvalue weighted by Crippen LogP contribution is -2.40. The monoisotopic (exact) mass is 188 g/mol. The number of hydrogen-bond acceptors (Lipinski definition) is 3. The number of aliphatic hydroxyl groups is 1. The minimum atomic E-state index is -0.908. The summed E-state index contributed by atoms with van der Waals surface area (Å²) in [6.45, 7) is -0.265. The molecule has 0 heterocycles. The third-order valence-corrected chi connectivity index (χ3v) is 2.98. The first-order chi connectivity index (χ1) is 6.14. The van der Waals surface area contributed by atoms with Gasteiger partial charge in [0.25, 0.3) is 0 Å². The number of carboxylic acids is 1. The lowest BCUT2D eigenvalue weighted by atomic mass is 9.74. The van der Waals surface area contributed by atoms with Gasteiger partial charge in [-0.3, -0.25) is 4.79 Å². The Labute approximate surface area is 77.5 Å². The van der Waals surface area contributed by atoms with Crippen LogP contribution in [0.15, 0.2) is 0 Å². The molecule has 0 radical (unpaired) electrons. The quantitative estimate of drug-likeness (QED) is 0.682. The van der Waals surface area contributed by atoms with Crippen LogP contribution in [0.3, 0.4) is 0 Å². The summed E-state index contributed by atoms with van der Waals surface area (Å²) in [7, 11) is 1.64. The van der Waals surface area contributed by atoms with E-state index in [0.717, 1.165) is 12.8 Å². The molecule has 1 aliphatic carbocycles. The minimum absolute atomic E-state index is 0.166. The molecule has 1 rings (SSSR count). The van der Waals surface area contributed by atoms with Gasteiger partial charge in [0.15, 0.2) is 0 Å². The zero-order chi connectivity index (χ0) is 9.90. The highest BCUT2D eigenvalue weighted by Crippen LogP contribution is 2.36. The largest absolute Gasteiger partial charge is 0.481 e. The molecule has 1 fully saturated rings. The van der Waals surface area contributed by atoms with Crippen LogP contribution in [0.2, 0.25) is 0 Å². The van der Waals surface area contributed by atoms with E-state index in [0.29, 0.717) is 12.8 Å². The molecule has 4 heteroatoms. The molecule has 0 unspecified atom stereocenters. The van der Waals surface area contributed by atoms with Gasteiger partial charge in [-0.05, 0) is 25.7 Å². The Bertz CT molecular complexity index is 182. The van der Waals surface area contributed by atoms with Crippen molar-refractivity contribution in [2.75, 3.05) is 13.7 Å². The maximum atomic E-state index is 10.9. The van der Waals surface area contributed by atoms with Gasteiger partial charge in [0.2, 0.25) is 0 Å². The first-order valence-corrected chi connectivity index (χ1v) is 4.52. The van der Waals surface area contributed by atoms with E-state index in [1.807, 2.05) is 0 Å². The average molecular weight is 188 g/mol. The molecule has 13 heavy (non-hydrogen) atoms. The molecule has 0 saturated heterocycles. The molecular formula is C9H16O4. The fourth-order valence-electron chi connectivity index (χ4n) is 1.82. The van der Waals surface area contributed by atoms with Crippen LogP contribution in [0.25, 0.3) is 0 Å². The molecule has 0 aliphatic heterocycles. The number of ether oxygens (including phenoxy) is 1. The van der Waals surface area contributed by atoms with Gasteiger partial charge in [-0.2, -0.15) is 0 Å². The normalized spacial score (nSPS) is 34.5. The van der Waals surface area contributed by atoms with Crippen molar-refractivity contribution in [2.24, 2.45) is 5.41 Å². The van der Waals surface area contributed by atoms with Crippen molar-refractivity contribution in [1.82, 2.24) is 0 Å². The Balaban J connectivity index is 2.58. The predicted molar refractivity (Wildman–Crippen MR) is 46.4 cm³/mol. The van der Waals surface area contributed by atoms with Crippen LogP contribution in [0.4, 0.5) is 0 Å². The Morgan fingerprint density at radius 3 is 2.38 bits per heavy atom. The smallest absolute Gasteiger partial charge is 0.311 e. The molecule has 0 bridgehead atoms. The summed E-state index contributed by atoms with van der Waals surface area (Å²) in [5.74, 6) is -0.885. The second-order valence-electron chi connectivity index (χ2n) is 3.68. The summed E-state index contributed by atoms with van der Waals surface area (Å²) >= 11 is 0. The highest BCUT2D eigenvalue weighted by molar-refractivity contribution is 5.74. The summed E-state index contributed by atoms with van der Waals surface area (Å²) in [5.41, 5.74) is -0.908.